The SMILES string of the molecule is CC1(C)C(NC(=O)C2=NCCC=N2)C(C)(C)C1Oc1ccc(C#N)c(Cl)c1. The van der Waals surface area contributed by atoms with Gasteiger partial charge >= 0.3 is 0 Å². The van der Waals surface area contributed by atoms with Crippen molar-refractivity contribution >= 4 is 29.6 Å². The summed E-state index contributed by atoms with van der Waals surface area (Å²) in [5, 5.41) is 12.4. The number of amidine groups is 1. The summed E-state index contributed by atoms with van der Waals surface area (Å²) in [6.45, 7) is 8.83. The highest BCUT2D eigenvalue weighted by atomic mass is 35.5. The summed E-state index contributed by atoms with van der Waals surface area (Å²) in [5.74, 6) is 0.587. The topological polar surface area (TPSA) is 86.8 Å². The van der Waals surface area contributed by atoms with Crippen LogP contribution in [-0.2, 0) is 4.79 Å². The molecular formula is C20H23ClN4O2. The molecule has 0 bridgehead atoms. The summed E-state index contributed by atoms with van der Waals surface area (Å²) in [5.41, 5.74) is -0.202. The molecule has 0 aromatic heterocycles. The quantitative estimate of drug-likeness (QED) is 0.860. The Bertz CT molecular complexity index is 851. The molecule has 0 spiro atoms. The van der Waals surface area contributed by atoms with E-state index in [4.69, 9.17) is 21.6 Å². The van der Waals surface area contributed by atoms with Crippen LogP contribution in [0.15, 0.2) is 28.2 Å². The van der Waals surface area contributed by atoms with Gasteiger partial charge in [0.05, 0.1) is 10.6 Å². The van der Waals surface area contributed by atoms with E-state index < -0.39 is 0 Å². The highest BCUT2D eigenvalue weighted by molar-refractivity contribution is 6.39. The number of nitrogens with one attached hydrogen (secondary N) is 1. The zero-order valence-corrected chi connectivity index (χ0v) is 16.7. The maximum Gasteiger partial charge on any atom is 0.288 e. The van der Waals surface area contributed by atoms with E-state index in [1.165, 1.54) is 0 Å². The first-order chi connectivity index (χ1) is 12.7. The van der Waals surface area contributed by atoms with Gasteiger partial charge in [0, 0.05) is 42.1 Å². The Morgan fingerprint density at radius 2 is 2.04 bits per heavy atom. The van der Waals surface area contributed by atoms with Gasteiger partial charge in [0.1, 0.15) is 17.9 Å². The van der Waals surface area contributed by atoms with E-state index in [9.17, 15) is 4.79 Å². The van der Waals surface area contributed by atoms with E-state index in [0.717, 1.165) is 6.42 Å². The molecule has 0 radical (unpaired) electrons. The smallest absolute Gasteiger partial charge is 0.288 e. The van der Waals surface area contributed by atoms with Crippen LogP contribution in [-0.4, -0.2) is 36.6 Å². The first-order valence-electron chi connectivity index (χ1n) is 8.92. The summed E-state index contributed by atoms with van der Waals surface area (Å²) < 4.78 is 6.21. The van der Waals surface area contributed by atoms with E-state index in [1.807, 2.05) is 6.07 Å². The first-order valence-corrected chi connectivity index (χ1v) is 9.30. The molecule has 2 aliphatic rings. The molecule has 1 fully saturated rings. The molecule has 1 N–H and O–H groups in total. The van der Waals surface area contributed by atoms with Gasteiger partial charge in [0.2, 0.25) is 5.84 Å². The van der Waals surface area contributed by atoms with Gasteiger partial charge in [-0.2, -0.15) is 5.26 Å². The van der Waals surface area contributed by atoms with Crippen LogP contribution in [0, 0.1) is 22.2 Å². The van der Waals surface area contributed by atoms with Crippen LogP contribution < -0.4 is 10.1 Å². The second-order valence-electron chi connectivity index (χ2n) is 8.11. The number of amides is 1. The van der Waals surface area contributed by atoms with Crippen molar-refractivity contribution in [1.82, 2.24) is 5.32 Å². The number of aliphatic imine (C=N–C) groups is 2. The van der Waals surface area contributed by atoms with E-state index in [2.05, 4.69) is 43.0 Å². The second-order valence-corrected chi connectivity index (χ2v) is 8.51. The third kappa shape index (κ3) is 3.44. The molecule has 142 valence electrons. The monoisotopic (exact) mass is 386 g/mol. The predicted octanol–water partition coefficient (Wildman–Crippen LogP) is 3.38. The number of hydrogen-bond acceptors (Lipinski definition) is 5. The number of nitriles is 1. The summed E-state index contributed by atoms with van der Waals surface area (Å²) in [6.07, 6.45) is 2.34. The van der Waals surface area contributed by atoms with Crippen LogP contribution in [0.3, 0.4) is 0 Å². The van der Waals surface area contributed by atoms with Crippen molar-refractivity contribution in [3.63, 3.8) is 0 Å². The minimum Gasteiger partial charge on any atom is -0.489 e. The molecule has 3 rings (SSSR count). The highest BCUT2D eigenvalue weighted by Crippen LogP contribution is 2.55. The number of halogens is 1. The third-order valence-electron chi connectivity index (χ3n) is 5.37. The van der Waals surface area contributed by atoms with Gasteiger partial charge in [-0.25, -0.2) is 4.99 Å². The fourth-order valence-corrected chi connectivity index (χ4v) is 4.55. The lowest BCUT2D eigenvalue weighted by Crippen LogP contribution is -2.75. The first kappa shape index (κ1) is 19.4. The van der Waals surface area contributed by atoms with Crippen molar-refractivity contribution in [2.45, 2.75) is 46.3 Å². The lowest BCUT2D eigenvalue weighted by molar-refractivity contribution is -0.171. The average molecular weight is 387 g/mol. The molecule has 6 nitrogen and oxygen atoms in total. The van der Waals surface area contributed by atoms with Crippen molar-refractivity contribution in [2.24, 2.45) is 20.8 Å². The molecule has 1 amide bonds. The van der Waals surface area contributed by atoms with Crippen molar-refractivity contribution in [2.75, 3.05) is 6.54 Å². The van der Waals surface area contributed by atoms with Crippen molar-refractivity contribution in [1.29, 1.82) is 5.26 Å². The van der Waals surface area contributed by atoms with E-state index in [1.54, 1.807) is 24.4 Å². The van der Waals surface area contributed by atoms with Crippen LogP contribution in [0.5, 0.6) is 5.75 Å². The zero-order chi connectivity index (χ0) is 19.8. The summed E-state index contributed by atoms with van der Waals surface area (Å²) in [6, 6.07) is 6.99. The minimum absolute atomic E-state index is 0.101. The maximum absolute atomic E-state index is 12.5. The summed E-state index contributed by atoms with van der Waals surface area (Å²) in [7, 11) is 0. The number of benzene rings is 1. The molecule has 0 saturated heterocycles. The standard InChI is InChI=1S/C20H23ClN4O2/c1-19(2)17(25-16(26)15-23-8-5-9-24-15)20(3,4)18(19)27-13-7-6-12(11-22)14(21)10-13/h6-8,10,17-18H,5,9H2,1-4H3,(H,25,26). The van der Waals surface area contributed by atoms with Gasteiger partial charge in [-0.05, 0) is 12.1 Å². The van der Waals surface area contributed by atoms with Crippen LogP contribution in [0.1, 0.15) is 39.7 Å². The molecule has 1 saturated carbocycles. The number of rotatable bonds is 4. The Hall–Kier alpha value is -2.39. The fourth-order valence-electron chi connectivity index (χ4n) is 4.34. The molecule has 1 aromatic rings. The highest BCUT2D eigenvalue weighted by Gasteiger charge is 2.64. The molecular weight excluding hydrogens is 364 g/mol. The molecule has 27 heavy (non-hydrogen) atoms. The van der Waals surface area contributed by atoms with Crippen molar-refractivity contribution in [3.8, 4) is 11.8 Å². The van der Waals surface area contributed by atoms with Crippen molar-refractivity contribution < 1.29 is 9.53 Å². The Labute approximate surface area is 164 Å². The van der Waals surface area contributed by atoms with Gasteiger partial charge in [-0.15, -0.1) is 0 Å². The van der Waals surface area contributed by atoms with Gasteiger partial charge in [-0.3, -0.25) is 9.79 Å². The third-order valence-corrected chi connectivity index (χ3v) is 5.68. The molecule has 1 heterocycles. The lowest BCUT2D eigenvalue weighted by atomic mass is 9.49. The van der Waals surface area contributed by atoms with Gasteiger partial charge in [0.25, 0.3) is 5.91 Å². The zero-order valence-electron chi connectivity index (χ0n) is 15.9. The van der Waals surface area contributed by atoms with Gasteiger partial charge < -0.3 is 10.1 Å². The number of ether oxygens (including phenoxy) is 1. The predicted molar refractivity (Wildman–Crippen MR) is 105 cm³/mol. The minimum atomic E-state index is -0.307. The molecule has 1 aliphatic carbocycles. The largest absolute Gasteiger partial charge is 0.489 e. The van der Waals surface area contributed by atoms with Crippen molar-refractivity contribution in [3.05, 3.63) is 28.8 Å². The molecule has 0 unspecified atom stereocenters. The fraction of sp³-hybridized carbons (Fsp3) is 0.500. The van der Waals surface area contributed by atoms with E-state index >= 15 is 0 Å². The molecule has 1 aromatic carbocycles. The molecule has 0 atom stereocenters. The normalized spacial score (nSPS) is 25.0. The van der Waals surface area contributed by atoms with Gasteiger partial charge in [0.15, 0.2) is 0 Å². The van der Waals surface area contributed by atoms with Crippen LogP contribution in [0.4, 0.5) is 0 Å². The van der Waals surface area contributed by atoms with E-state index in [-0.39, 0.29) is 34.7 Å². The Morgan fingerprint density at radius 3 is 2.59 bits per heavy atom. The van der Waals surface area contributed by atoms with Crippen LogP contribution in [0.25, 0.3) is 0 Å². The molecule has 7 heteroatoms. The maximum atomic E-state index is 12.5. The Balaban J connectivity index is 1.75. The number of carbonyl (C=O) groups is 1. The lowest BCUT2D eigenvalue weighted by Gasteiger charge is -2.63. The van der Waals surface area contributed by atoms with Crippen LogP contribution in [0.2, 0.25) is 5.02 Å². The van der Waals surface area contributed by atoms with E-state index in [0.29, 0.717) is 22.9 Å². The summed E-state index contributed by atoms with van der Waals surface area (Å²) >= 11 is 6.11. The Morgan fingerprint density at radius 1 is 1.33 bits per heavy atom. The number of carbonyl (C=O) groups excluding carboxylic acids is 1. The number of nitrogens with zero attached hydrogens (tertiary/aromatic N) is 3. The summed E-state index contributed by atoms with van der Waals surface area (Å²) in [4.78, 5) is 20.8. The molecule has 1 aliphatic heterocycles. The Kier molecular flexibility index (Phi) is 5.00. The van der Waals surface area contributed by atoms with Crippen LogP contribution >= 0.6 is 11.6 Å². The number of hydrogen-bond donors (Lipinski definition) is 1. The second kappa shape index (κ2) is 6.97. The van der Waals surface area contributed by atoms with Gasteiger partial charge in [-0.1, -0.05) is 39.3 Å². The average Bonchev–Trinajstić information content (AvgIpc) is 2.64.